The molecule has 0 aromatic heterocycles. The molecule has 0 aliphatic rings. The van der Waals surface area contributed by atoms with E-state index in [1.807, 2.05) is 20.3 Å². The van der Waals surface area contributed by atoms with Crippen LogP contribution in [0.3, 0.4) is 0 Å². The van der Waals surface area contributed by atoms with Crippen LogP contribution in [0.2, 0.25) is 0 Å². The molecular weight excluding hydrogens is 91.1 g/mol. The summed E-state index contributed by atoms with van der Waals surface area (Å²) in [4.78, 5) is 0. The van der Waals surface area contributed by atoms with Gasteiger partial charge in [-0.25, -0.2) is 0 Å². The smallest absolute Gasteiger partial charge is 0.412 e. The van der Waals surface area contributed by atoms with Crippen LogP contribution in [-0.2, 0) is 0 Å². The van der Waals surface area contributed by atoms with Crippen molar-refractivity contribution in [1.29, 1.82) is 0 Å². The van der Waals surface area contributed by atoms with E-state index >= 15 is 0 Å². The zero-order valence-corrected chi connectivity index (χ0v) is 7.20. The van der Waals surface area contributed by atoms with Crippen LogP contribution < -0.4 is 51.4 Å². The summed E-state index contributed by atoms with van der Waals surface area (Å²) in [6.45, 7) is 4.00. The summed E-state index contributed by atoms with van der Waals surface area (Å²) in [7, 11) is 0. The minimum absolute atomic E-state index is 0. The average Bonchev–Trinajstić information content (AvgIpc) is 0.918. The first-order valence-corrected chi connectivity index (χ1v) is 1.15. The van der Waals surface area contributed by atoms with Crippen LogP contribution in [0.4, 0.5) is 0 Å². The summed E-state index contributed by atoms with van der Waals surface area (Å²) in [5.74, 6) is 0. The normalized spacial score (nSPS) is 3.60. The fourth-order valence-corrected chi connectivity index (χ4v) is 0. The monoisotopic (exact) mass is 100 g/mol. The molecular formula is C3H9KO. The van der Waals surface area contributed by atoms with Crippen molar-refractivity contribution in [3.63, 3.8) is 0 Å². The van der Waals surface area contributed by atoms with E-state index in [4.69, 9.17) is 0 Å². The average molecular weight is 100 g/mol. The van der Waals surface area contributed by atoms with Crippen molar-refractivity contribution >= 4 is 0 Å². The molecule has 0 unspecified atom stereocenters. The van der Waals surface area contributed by atoms with Crippen molar-refractivity contribution in [2.75, 3.05) is 0 Å². The third-order valence-electron chi connectivity index (χ3n) is 0. The second kappa shape index (κ2) is 17.5. The molecule has 5 heavy (non-hydrogen) atoms. The van der Waals surface area contributed by atoms with E-state index in [-0.39, 0.29) is 56.9 Å². The zero-order chi connectivity index (χ0) is 2.71. The summed E-state index contributed by atoms with van der Waals surface area (Å²) in [6.07, 6.45) is 2.00. The summed E-state index contributed by atoms with van der Waals surface area (Å²) in [6, 6.07) is 0. The maximum atomic E-state index is 2.00. The van der Waals surface area contributed by atoms with Crippen LogP contribution in [0.5, 0.6) is 0 Å². The second-order valence-corrected chi connectivity index (χ2v) is 0.577. The van der Waals surface area contributed by atoms with Crippen LogP contribution in [0.15, 0.2) is 0 Å². The number of hydrogen-bond acceptors (Lipinski definition) is 0. The maximum absolute atomic E-state index is 2.00. The van der Waals surface area contributed by atoms with Gasteiger partial charge in [0, 0.05) is 0 Å². The first-order valence-electron chi connectivity index (χ1n) is 1.15. The second-order valence-electron chi connectivity index (χ2n) is 0.577. The van der Waals surface area contributed by atoms with Gasteiger partial charge in [0.1, 0.15) is 0 Å². The molecule has 2 N–H and O–H groups in total. The molecule has 0 spiro atoms. The van der Waals surface area contributed by atoms with Crippen molar-refractivity contribution in [3.8, 4) is 0 Å². The Morgan fingerprint density at radius 1 is 1.20 bits per heavy atom. The predicted molar refractivity (Wildman–Crippen MR) is 19.3 cm³/mol. The molecule has 0 heterocycles. The molecule has 0 aromatic carbocycles. The van der Waals surface area contributed by atoms with E-state index in [1.165, 1.54) is 0 Å². The van der Waals surface area contributed by atoms with Gasteiger partial charge < -0.3 is 11.9 Å². The largest absolute Gasteiger partial charge is 1.00 e. The Morgan fingerprint density at radius 3 is 1.20 bits per heavy atom. The van der Waals surface area contributed by atoms with Crippen LogP contribution in [0.25, 0.3) is 0 Å². The molecule has 0 atom stereocenters. The van der Waals surface area contributed by atoms with Gasteiger partial charge in [0.15, 0.2) is 0 Å². The summed E-state index contributed by atoms with van der Waals surface area (Å²) < 4.78 is 0. The first-order chi connectivity index (χ1) is 1.41. The molecule has 2 heteroatoms. The van der Waals surface area contributed by atoms with Gasteiger partial charge in [-0.3, -0.25) is 0 Å². The fourth-order valence-electron chi connectivity index (χ4n) is 0. The van der Waals surface area contributed by atoms with Gasteiger partial charge in [-0.05, 0) is 0 Å². The van der Waals surface area contributed by atoms with Gasteiger partial charge in [0.2, 0.25) is 0 Å². The predicted octanol–water partition coefficient (Wildman–Crippen LogP) is -2.59. The van der Waals surface area contributed by atoms with Gasteiger partial charge in [-0.15, -0.1) is 0 Å². The third kappa shape index (κ3) is 28.4. The minimum Gasteiger partial charge on any atom is -0.412 e. The van der Waals surface area contributed by atoms with Crippen molar-refractivity contribution in [1.82, 2.24) is 0 Å². The molecule has 0 fully saturated rings. The Morgan fingerprint density at radius 2 is 1.20 bits per heavy atom. The van der Waals surface area contributed by atoms with Gasteiger partial charge >= 0.3 is 51.4 Å². The SMILES string of the molecule is C[CH-]C.O.[K+]. The van der Waals surface area contributed by atoms with Crippen molar-refractivity contribution in [2.45, 2.75) is 13.8 Å². The summed E-state index contributed by atoms with van der Waals surface area (Å²) in [5.41, 5.74) is 0. The Hall–Kier alpha value is 1.60. The van der Waals surface area contributed by atoms with Gasteiger partial charge in [0.25, 0.3) is 0 Å². The van der Waals surface area contributed by atoms with E-state index in [9.17, 15) is 0 Å². The summed E-state index contributed by atoms with van der Waals surface area (Å²) in [5, 5.41) is 0. The number of rotatable bonds is 0. The Bertz CT molecular complexity index is 6.85. The molecule has 28 valence electrons. The number of hydrogen-bond donors (Lipinski definition) is 0. The third-order valence-corrected chi connectivity index (χ3v) is 0. The van der Waals surface area contributed by atoms with Crippen LogP contribution >= 0.6 is 0 Å². The first kappa shape index (κ1) is 16.0. The maximum Gasteiger partial charge on any atom is 1.00 e. The van der Waals surface area contributed by atoms with E-state index in [0.717, 1.165) is 0 Å². The minimum atomic E-state index is 0. The standard InChI is InChI=1S/C3H7.K.H2O/c1-3-2;;/h3H,1-2H3;;1H2/q-1;+1;. The van der Waals surface area contributed by atoms with Crippen LogP contribution in [0.1, 0.15) is 13.8 Å². The van der Waals surface area contributed by atoms with Crippen molar-refractivity contribution in [3.05, 3.63) is 6.42 Å². The molecule has 0 rings (SSSR count). The van der Waals surface area contributed by atoms with E-state index in [1.54, 1.807) is 0 Å². The van der Waals surface area contributed by atoms with E-state index < -0.39 is 0 Å². The molecule has 0 saturated heterocycles. The molecule has 0 aliphatic carbocycles. The van der Waals surface area contributed by atoms with Crippen molar-refractivity contribution < 1.29 is 56.9 Å². The molecule has 0 amide bonds. The fraction of sp³-hybridized carbons (Fsp3) is 0.667. The quantitative estimate of drug-likeness (QED) is 0.236. The molecule has 0 bridgehead atoms. The topological polar surface area (TPSA) is 31.5 Å². The van der Waals surface area contributed by atoms with Gasteiger partial charge in [-0.2, -0.15) is 13.8 Å². The van der Waals surface area contributed by atoms with E-state index in [0.29, 0.717) is 0 Å². The molecule has 1 nitrogen and oxygen atoms in total. The Balaban J connectivity index is -0.0000000200. The van der Waals surface area contributed by atoms with Gasteiger partial charge in [-0.1, -0.05) is 0 Å². The van der Waals surface area contributed by atoms with Crippen LogP contribution in [0, 0.1) is 6.42 Å². The summed E-state index contributed by atoms with van der Waals surface area (Å²) >= 11 is 0. The molecule has 0 radical (unpaired) electrons. The van der Waals surface area contributed by atoms with Crippen LogP contribution in [-0.4, -0.2) is 5.48 Å². The zero-order valence-electron chi connectivity index (χ0n) is 4.08. The molecule has 0 aliphatic heterocycles. The Kier molecular flexibility index (Phi) is 56.0. The molecule has 0 aromatic rings. The van der Waals surface area contributed by atoms with Crippen molar-refractivity contribution in [2.24, 2.45) is 0 Å². The van der Waals surface area contributed by atoms with Gasteiger partial charge in [0.05, 0.1) is 0 Å². The Labute approximate surface area is 75.9 Å². The van der Waals surface area contributed by atoms with E-state index in [2.05, 4.69) is 0 Å². The molecule has 0 saturated carbocycles.